The van der Waals surface area contributed by atoms with E-state index in [0.29, 0.717) is 25.2 Å². The van der Waals surface area contributed by atoms with Gasteiger partial charge in [-0.2, -0.15) is 0 Å². The number of rotatable bonds is 4. The van der Waals surface area contributed by atoms with E-state index in [1.165, 1.54) is 5.57 Å². The minimum atomic E-state index is -0.484. The summed E-state index contributed by atoms with van der Waals surface area (Å²) in [5.41, 5.74) is -0.102. The molecule has 0 aromatic heterocycles. The third-order valence-electron chi connectivity index (χ3n) is 12.7. The van der Waals surface area contributed by atoms with Crippen molar-refractivity contribution in [1.29, 1.82) is 0 Å². The minimum absolute atomic E-state index is 0.0428. The molecule has 0 aromatic rings. The number of aliphatic hydroxyl groups excluding tert-OH is 2. The first-order chi connectivity index (χ1) is 16.1. The van der Waals surface area contributed by atoms with Gasteiger partial charge in [-0.1, -0.05) is 46.3 Å². The van der Waals surface area contributed by atoms with Gasteiger partial charge in [0.2, 0.25) is 0 Å². The van der Waals surface area contributed by atoms with E-state index < -0.39 is 6.10 Å². The van der Waals surface area contributed by atoms with Crippen LogP contribution in [-0.4, -0.2) is 45.7 Å². The molecule has 0 bridgehead atoms. The maximum absolute atomic E-state index is 13.7. The van der Waals surface area contributed by atoms with Crippen molar-refractivity contribution >= 4 is 11.6 Å². The Morgan fingerprint density at radius 1 is 1.14 bits per heavy atom. The molecular weight excluding hydrogens is 440 g/mol. The van der Waals surface area contributed by atoms with Gasteiger partial charge < -0.3 is 14.9 Å². The van der Waals surface area contributed by atoms with Crippen LogP contribution in [0.15, 0.2) is 11.6 Å². The van der Waals surface area contributed by atoms with Crippen molar-refractivity contribution in [2.45, 2.75) is 117 Å². The first-order valence-corrected chi connectivity index (χ1v) is 13.9. The molecule has 6 aliphatic rings. The summed E-state index contributed by atoms with van der Waals surface area (Å²) in [6.07, 6.45) is 6.37. The number of ether oxygens (including phenoxy) is 1. The van der Waals surface area contributed by atoms with Gasteiger partial charge in [0.1, 0.15) is 11.9 Å². The molecule has 1 unspecified atom stereocenters. The third-order valence-corrected chi connectivity index (χ3v) is 12.7. The van der Waals surface area contributed by atoms with Gasteiger partial charge in [-0.3, -0.25) is 9.59 Å². The summed E-state index contributed by atoms with van der Waals surface area (Å²) in [6, 6.07) is 0. The van der Waals surface area contributed by atoms with Crippen molar-refractivity contribution in [2.75, 3.05) is 0 Å². The van der Waals surface area contributed by atoms with Crippen LogP contribution in [0.4, 0.5) is 0 Å². The van der Waals surface area contributed by atoms with Crippen molar-refractivity contribution < 1.29 is 24.5 Å². The number of allylic oxidation sites excluding steroid dienone is 1. The quantitative estimate of drug-likeness (QED) is 0.449. The average Bonchev–Trinajstić information content (AvgIpc) is 3.58. The summed E-state index contributed by atoms with van der Waals surface area (Å²) in [5.74, 6) is 0.411. The summed E-state index contributed by atoms with van der Waals surface area (Å²) in [7, 11) is 0. The van der Waals surface area contributed by atoms with Gasteiger partial charge in [0, 0.05) is 29.6 Å². The normalized spacial score (nSPS) is 53.5. The predicted molar refractivity (Wildman–Crippen MR) is 132 cm³/mol. The maximum atomic E-state index is 13.7. The zero-order valence-corrected chi connectivity index (χ0v) is 22.6. The number of epoxide rings is 1. The van der Waals surface area contributed by atoms with E-state index in [4.69, 9.17) is 4.74 Å². The zero-order valence-electron chi connectivity index (χ0n) is 22.6. The van der Waals surface area contributed by atoms with Crippen LogP contribution in [0.3, 0.4) is 0 Å². The van der Waals surface area contributed by atoms with Gasteiger partial charge in [0.25, 0.3) is 0 Å². The van der Waals surface area contributed by atoms with Crippen molar-refractivity contribution in [3.63, 3.8) is 0 Å². The smallest absolute Gasteiger partial charge is 0.164 e. The average molecular weight is 485 g/mol. The summed E-state index contributed by atoms with van der Waals surface area (Å²) in [4.78, 5) is 26.6. The van der Waals surface area contributed by atoms with Gasteiger partial charge in [-0.15, -0.1) is 0 Å². The molecule has 194 valence electrons. The van der Waals surface area contributed by atoms with Crippen molar-refractivity contribution in [3.05, 3.63) is 11.6 Å². The van der Waals surface area contributed by atoms with E-state index in [-0.39, 0.29) is 68.3 Å². The molecule has 0 aromatic carbocycles. The van der Waals surface area contributed by atoms with Gasteiger partial charge in [-0.05, 0) is 74.0 Å². The fourth-order valence-corrected chi connectivity index (χ4v) is 10.6. The van der Waals surface area contributed by atoms with Crippen LogP contribution in [0.1, 0.15) is 93.4 Å². The highest BCUT2D eigenvalue weighted by atomic mass is 16.6. The van der Waals surface area contributed by atoms with Crippen LogP contribution in [-0.2, 0) is 14.3 Å². The predicted octanol–water partition coefficient (Wildman–Crippen LogP) is 4.63. The number of carbonyl (C=O) groups is 2. The number of aliphatic hydroxyl groups is 2. The molecule has 35 heavy (non-hydrogen) atoms. The van der Waals surface area contributed by atoms with Gasteiger partial charge >= 0.3 is 0 Å². The number of Topliss-reactive ketones (excluding diaryl/α,β-unsaturated/α-hetero) is 2. The molecule has 5 nitrogen and oxygen atoms in total. The van der Waals surface area contributed by atoms with Crippen LogP contribution in [0.2, 0.25) is 0 Å². The van der Waals surface area contributed by atoms with E-state index in [0.717, 1.165) is 25.7 Å². The lowest BCUT2D eigenvalue weighted by atomic mass is 9.44. The first kappa shape index (κ1) is 24.3. The van der Waals surface area contributed by atoms with E-state index in [1.54, 1.807) is 0 Å². The van der Waals surface area contributed by atoms with E-state index in [2.05, 4.69) is 40.7 Å². The second-order valence-electron chi connectivity index (χ2n) is 14.9. The van der Waals surface area contributed by atoms with Gasteiger partial charge in [0.15, 0.2) is 5.78 Å². The fraction of sp³-hybridized carbons (Fsp3) is 0.867. The molecular formula is C30H44O5. The lowest BCUT2D eigenvalue weighted by Gasteiger charge is -2.60. The van der Waals surface area contributed by atoms with Crippen molar-refractivity contribution in [1.82, 2.24) is 0 Å². The standard InChI is InChI=1S/C30H44O5/c1-16(12-17(31)24-26(4,5)35-24)23-18(32)13-27(6)20-9-8-19-25(2,3)21(33)10-11-29(19)15-30(20,29)22(34)14-28(23,27)7/h9,16,19,21-24,33-34H,8,10-15H2,1-7H3/t16-,19?,21+,22+,23+,24+,27+,28-,29-,30+/m1/s1. The number of ketones is 2. The second kappa shape index (κ2) is 6.69. The Labute approximate surface area is 210 Å². The molecule has 0 amide bonds. The Hall–Kier alpha value is -1.04. The molecule has 2 N–H and O–H groups in total. The lowest BCUT2D eigenvalue weighted by molar-refractivity contribution is -0.131. The summed E-state index contributed by atoms with van der Waals surface area (Å²) in [6.45, 7) is 14.8. The minimum Gasteiger partial charge on any atom is -0.393 e. The summed E-state index contributed by atoms with van der Waals surface area (Å²) in [5, 5.41) is 22.8. The van der Waals surface area contributed by atoms with E-state index >= 15 is 0 Å². The summed E-state index contributed by atoms with van der Waals surface area (Å²) >= 11 is 0. The largest absolute Gasteiger partial charge is 0.393 e. The highest BCUT2D eigenvalue weighted by Gasteiger charge is 2.83. The molecule has 1 aliphatic heterocycles. The molecule has 5 heteroatoms. The van der Waals surface area contributed by atoms with Gasteiger partial charge in [-0.25, -0.2) is 0 Å². The molecule has 2 spiro atoms. The number of carbonyl (C=O) groups excluding carboxylic acids is 2. The molecule has 6 rings (SSSR count). The van der Waals surface area contributed by atoms with Crippen LogP contribution >= 0.6 is 0 Å². The SMILES string of the molecule is C[C@H](CC(=O)[C@@H]1OC1(C)C)[C@H]1C(=O)C[C@@]2(C)C3=CCC4C(C)(C)[C@@H](O)CC[C@@]45C[C@@]35[C@@H](O)C[C@]12C. The molecule has 4 saturated carbocycles. The first-order valence-electron chi connectivity index (χ1n) is 13.9. The van der Waals surface area contributed by atoms with E-state index in [1.807, 2.05) is 13.8 Å². The third kappa shape index (κ3) is 2.66. The monoisotopic (exact) mass is 484 g/mol. The Bertz CT molecular complexity index is 1040. The Morgan fingerprint density at radius 2 is 1.80 bits per heavy atom. The number of fused-ring (bicyclic) bond motifs is 2. The second-order valence-corrected chi connectivity index (χ2v) is 14.9. The molecule has 5 aliphatic carbocycles. The number of hydrogen-bond donors (Lipinski definition) is 2. The Kier molecular flexibility index (Phi) is 4.64. The molecule has 0 radical (unpaired) electrons. The van der Waals surface area contributed by atoms with Crippen molar-refractivity contribution in [3.8, 4) is 0 Å². The van der Waals surface area contributed by atoms with Gasteiger partial charge in [0.05, 0.1) is 17.8 Å². The molecule has 10 atom stereocenters. The lowest BCUT2D eigenvalue weighted by Crippen LogP contribution is -2.57. The van der Waals surface area contributed by atoms with E-state index in [9.17, 15) is 19.8 Å². The highest BCUT2D eigenvalue weighted by molar-refractivity contribution is 5.90. The molecule has 5 fully saturated rings. The van der Waals surface area contributed by atoms with Crippen LogP contribution in [0, 0.1) is 44.8 Å². The highest BCUT2D eigenvalue weighted by Crippen LogP contribution is 2.87. The topological polar surface area (TPSA) is 87.1 Å². The van der Waals surface area contributed by atoms with Crippen LogP contribution in [0.25, 0.3) is 0 Å². The maximum Gasteiger partial charge on any atom is 0.164 e. The summed E-state index contributed by atoms with van der Waals surface area (Å²) < 4.78 is 5.59. The fourth-order valence-electron chi connectivity index (χ4n) is 10.6. The number of hydrogen-bond acceptors (Lipinski definition) is 5. The zero-order chi connectivity index (χ0) is 25.6. The Balaban J connectivity index is 1.35. The molecule has 1 heterocycles. The van der Waals surface area contributed by atoms with Crippen LogP contribution < -0.4 is 0 Å². The Morgan fingerprint density at radius 3 is 2.43 bits per heavy atom. The van der Waals surface area contributed by atoms with Crippen molar-refractivity contribution in [2.24, 2.45) is 44.8 Å². The molecule has 1 saturated heterocycles. The van der Waals surface area contributed by atoms with Crippen LogP contribution in [0.5, 0.6) is 0 Å².